The van der Waals surface area contributed by atoms with Crippen LogP contribution in [-0.2, 0) is 5.75 Å². The monoisotopic (exact) mass is 311 g/mol. The Labute approximate surface area is 114 Å². The third-order valence-corrected chi connectivity index (χ3v) is 4.50. The van der Waals surface area contributed by atoms with Crippen LogP contribution in [0.2, 0.25) is 0 Å². The SMILES string of the molecule is NCC(SCc1ccco1)c1ccccc1Br. The second kappa shape index (κ2) is 6.28. The van der Waals surface area contributed by atoms with Gasteiger partial charge in [-0.3, -0.25) is 0 Å². The van der Waals surface area contributed by atoms with Gasteiger partial charge in [-0.05, 0) is 23.8 Å². The standard InChI is InChI=1S/C13H14BrNOS/c14-12-6-2-1-5-11(12)13(8-15)17-9-10-4-3-7-16-10/h1-7,13H,8-9,15H2. The highest BCUT2D eigenvalue weighted by atomic mass is 79.9. The summed E-state index contributed by atoms with van der Waals surface area (Å²) in [7, 11) is 0. The highest BCUT2D eigenvalue weighted by molar-refractivity contribution is 9.10. The van der Waals surface area contributed by atoms with Crippen LogP contribution < -0.4 is 5.73 Å². The molecule has 0 aliphatic carbocycles. The predicted octanol–water partition coefficient (Wildman–Crippen LogP) is 3.98. The number of hydrogen-bond donors (Lipinski definition) is 1. The van der Waals surface area contributed by atoms with E-state index in [0.717, 1.165) is 16.0 Å². The van der Waals surface area contributed by atoms with E-state index in [1.54, 1.807) is 18.0 Å². The molecule has 0 fully saturated rings. The van der Waals surface area contributed by atoms with Gasteiger partial charge in [-0.15, -0.1) is 11.8 Å². The van der Waals surface area contributed by atoms with Crippen LogP contribution in [-0.4, -0.2) is 6.54 Å². The van der Waals surface area contributed by atoms with E-state index in [1.165, 1.54) is 5.56 Å². The van der Waals surface area contributed by atoms with Crippen molar-refractivity contribution in [1.82, 2.24) is 0 Å². The lowest BCUT2D eigenvalue weighted by Crippen LogP contribution is -2.10. The summed E-state index contributed by atoms with van der Waals surface area (Å²) in [5.74, 6) is 1.83. The molecule has 1 aromatic carbocycles. The van der Waals surface area contributed by atoms with Gasteiger partial charge in [0.2, 0.25) is 0 Å². The predicted molar refractivity (Wildman–Crippen MR) is 75.9 cm³/mol. The summed E-state index contributed by atoms with van der Waals surface area (Å²) in [6, 6.07) is 12.1. The van der Waals surface area contributed by atoms with Crippen LogP contribution in [0.1, 0.15) is 16.6 Å². The van der Waals surface area contributed by atoms with Crippen molar-refractivity contribution >= 4 is 27.7 Å². The first-order valence-corrected chi connectivity index (χ1v) is 7.24. The quantitative estimate of drug-likeness (QED) is 0.908. The molecule has 0 saturated heterocycles. The molecule has 0 radical (unpaired) electrons. The van der Waals surface area contributed by atoms with E-state index in [0.29, 0.717) is 6.54 Å². The van der Waals surface area contributed by atoms with E-state index in [4.69, 9.17) is 10.2 Å². The van der Waals surface area contributed by atoms with Crippen molar-refractivity contribution in [3.8, 4) is 0 Å². The molecule has 2 N–H and O–H groups in total. The zero-order chi connectivity index (χ0) is 12.1. The number of thioether (sulfide) groups is 1. The normalized spacial score (nSPS) is 12.6. The third kappa shape index (κ3) is 3.37. The number of halogens is 1. The van der Waals surface area contributed by atoms with E-state index in [-0.39, 0.29) is 5.25 Å². The maximum atomic E-state index is 5.84. The average molecular weight is 312 g/mol. The minimum absolute atomic E-state index is 0.288. The summed E-state index contributed by atoms with van der Waals surface area (Å²) in [5, 5.41) is 0.288. The smallest absolute Gasteiger partial charge is 0.113 e. The molecule has 1 atom stereocenters. The topological polar surface area (TPSA) is 39.2 Å². The van der Waals surface area contributed by atoms with Gasteiger partial charge in [0.25, 0.3) is 0 Å². The third-order valence-electron chi connectivity index (χ3n) is 2.47. The zero-order valence-corrected chi connectivity index (χ0v) is 11.7. The Morgan fingerprint density at radius 3 is 2.71 bits per heavy atom. The number of furan rings is 1. The van der Waals surface area contributed by atoms with Gasteiger partial charge in [-0.1, -0.05) is 34.1 Å². The number of hydrogen-bond acceptors (Lipinski definition) is 3. The van der Waals surface area contributed by atoms with Gasteiger partial charge in [0, 0.05) is 16.3 Å². The van der Waals surface area contributed by atoms with Crippen LogP contribution in [0.25, 0.3) is 0 Å². The Morgan fingerprint density at radius 1 is 1.24 bits per heavy atom. The van der Waals surface area contributed by atoms with Crippen LogP contribution in [0.5, 0.6) is 0 Å². The molecule has 2 aromatic rings. The average Bonchev–Trinajstić information content (AvgIpc) is 2.85. The van der Waals surface area contributed by atoms with Crippen LogP contribution in [0, 0.1) is 0 Å². The maximum absolute atomic E-state index is 5.84. The van der Waals surface area contributed by atoms with Crippen molar-refractivity contribution in [3.63, 3.8) is 0 Å². The fraction of sp³-hybridized carbons (Fsp3) is 0.231. The van der Waals surface area contributed by atoms with Crippen molar-refractivity contribution < 1.29 is 4.42 Å². The van der Waals surface area contributed by atoms with Gasteiger partial charge < -0.3 is 10.2 Å². The molecule has 0 spiro atoms. The van der Waals surface area contributed by atoms with E-state index in [9.17, 15) is 0 Å². The lowest BCUT2D eigenvalue weighted by molar-refractivity contribution is 0.530. The molecule has 0 bridgehead atoms. The Kier molecular flexibility index (Phi) is 4.71. The first kappa shape index (κ1) is 12.7. The molecule has 0 aliphatic rings. The Hall–Kier alpha value is -0.710. The number of benzene rings is 1. The second-order valence-electron chi connectivity index (χ2n) is 3.64. The van der Waals surface area contributed by atoms with Crippen molar-refractivity contribution in [2.75, 3.05) is 6.54 Å². The van der Waals surface area contributed by atoms with Crippen LogP contribution in [0.15, 0.2) is 51.6 Å². The molecule has 17 heavy (non-hydrogen) atoms. The van der Waals surface area contributed by atoms with Gasteiger partial charge >= 0.3 is 0 Å². The van der Waals surface area contributed by atoms with E-state index < -0.39 is 0 Å². The molecule has 90 valence electrons. The highest BCUT2D eigenvalue weighted by Crippen LogP contribution is 2.34. The minimum Gasteiger partial charge on any atom is -0.468 e. The zero-order valence-electron chi connectivity index (χ0n) is 9.30. The Bertz CT molecular complexity index is 458. The first-order chi connectivity index (χ1) is 8.31. The first-order valence-electron chi connectivity index (χ1n) is 5.39. The molecule has 2 nitrogen and oxygen atoms in total. The summed E-state index contributed by atoms with van der Waals surface area (Å²) in [5.41, 5.74) is 7.08. The lowest BCUT2D eigenvalue weighted by atomic mass is 10.1. The number of rotatable bonds is 5. The van der Waals surface area contributed by atoms with Gasteiger partial charge in [-0.25, -0.2) is 0 Å². The molecule has 2 rings (SSSR count). The minimum atomic E-state index is 0.288. The molecule has 0 aliphatic heterocycles. The van der Waals surface area contributed by atoms with Gasteiger partial charge in [0.15, 0.2) is 0 Å². The summed E-state index contributed by atoms with van der Waals surface area (Å²) < 4.78 is 6.43. The van der Waals surface area contributed by atoms with E-state index in [1.807, 2.05) is 30.3 Å². The molecule has 0 amide bonds. The van der Waals surface area contributed by atoms with Crippen LogP contribution in [0.3, 0.4) is 0 Å². The van der Waals surface area contributed by atoms with Crippen molar-refractivity contribution in [2.45, 2.75) is 11.0 Å². The molecule has 4 heteroatoms. The summed E-state index contributed by atoms with van der Waals surface area (Å²) >= 11 is 5.36. The second-order valence-corrected chi connectivity index (χ2v) is 5.68. The largest absolute Gasteiger partial charge is 0.468 e. The molecule has 1 unspecified atom stereocenters. The van der Waals surface area contributed by atoms with Gasteiger partial charge in [0.1, 0.15) is 5.76 Å². The van der Waals surface area contributed by atoms with Crippen molar-refractivity contribution in [1.29, 1.82) is 0 Å². The Balaban J connectivity index is 2.04. The van der Waals surface area contributed by atoms with Crippen LogP contribution in [0.4, 0.5) is 0 Å². The molecule has 1 aromatic heterocycles. The van der Waals surface area contributed by atoms with Crippen molar-refractivity contribution in [2.24, 2.45) is 5.73 Å². The van der Waals surface area contributed by atoms with E-state index >= 15 is 0 Å². The fourth-order valence-corrected chi connectivity index (χ4v) is 3.36. The van der Waals surface area contributed by atoms with Gasteiger partial charge in [0.05, 0.1) is 12.0 Å². The van der Waals surface area contributed by atoms with E-state index in [2.05, 4.69) is 22.0 Å². The highest BCUT2D eigenvalue weighted by Gasteiger charge is 2.13. The maximum Gasteiger partial charge on any atom is 0.113 e. The lowest BCUT2D eigenvalue weighted by Gasteiger charge is -2.15. The summed E-state index contributed by atoms with van der Waals surface area (Å²) in [6.07, 6.45) is 1.70. The molecule has 0 saturated carbocycles. The molecular formula is C13H14BrNOS. The summed E-state index contributed by atoms with van der Waals surface area (Å²) in [4.78, 5) is 0. The Morgan fingerprint density at radius 2 is 2.06 bits per heavy atom. The fourth-order valence-electron chi connectivity index (χ4n) is 1.60. The van der Waals surface area contributed by atoms with Crippen molar-refractivity contribution in [3.05, 3.63) is 58.5 Å². The summed E-state index contributed by atoms with van der Waals surface area (Å²) in [6.45, 7) is 0.619. The van der Waals surface area contributed by atoms with Gasteiger partial charge in [-0.2, -0.15) is 0 Å². The number of nitrogens with two attached hydrogens (primary N) is 1. The van der Waals surface area contributed by atoms with Crippen LogP contribution >= 0.6 is 27.7 Å². The molecule has 1 heterocycles. The molecular weight excluding hydrogens is 298 g/mol.